The maximum Gasteiger partial charge on any atom is 0.490 e. The minimum atomic E-state index is -6.42. The van der Waals surface area contributed by atoms with Crippen molar-refractivity contribution in [1.82, 2.24) is 45.1 Å². The van der Waals surface area contributed by atoms with Gasteiger partial charge in [0.15, 0.2) is 11.2 Å². The average molecular weight is 1660 g/mol. The van der Waals surface area contributed by atoms with E-state index in [-0.39, 0.29) is 74.6 Å². The number of phosphoric acid groups is 7. The topological polar surface area (TPSA) is 635 Å². The zero-order valence-corrected chi connectivity index (χ0v) is 64.4. The van der Waals surface area contributed by atoms with E-state index < -0.39 is 92.0 Å². The van der Waals surface area contributed by atoms with Crippen LogP contribution in [0.25, 0.3) is 11.2 Å². The fourth-order valence-electron chi connectivity index (χ4n) is 7.94. The second kappa shape index (κ2) is 52.1. The van der Waals surface area contributed by atoms with E-state index in [1.165, 1.54) is 4.57 Å². The molecule has 0 radical (unpaired) electrons. The van der Waals surface area contributed by atoms with Crippen molar-refractivity contribution in [3.8, 4) is 0 Å². The summed E-state index contributed by atoms with van der Waals surface area (Å²) in [4.78, 5) is 113. The molecular formula is C51H99N10O37P7. The Morgan fingerprint density at radius 1 is 0.543 bits per heavy atom. The third-order valence-corrected chi connectivity index (χ3v) is 23.0. The summed E-state index contributed by atoms with van der Waals surface area (Å²) in [5.74, 6) is -0.401. The number of hydrogen-bond donors (Lipinski definition) is 12. The zero-order chi connectivity index (χ0) is 77.7. The third-order valence-electron chi connectivity index (χ3n) is 12.7. The largest absolute Gasteiger partial charge is 0.490 e. The molecule has 3 aromatic rings. The molecule has 13 N–H and O–H groups in total. The molecule has 4 rings (SSSR count). The molecule has 1 fully saturated rings. The Bertz CT molecular complexity index is 3360. The van der Waals surface area contributed by atoms with Crippen LogP contribution in [0, 0.1) is 0 Å². The third kappa shape index (κ3) is 46.3. The molecule has 3 aromatic heterocycles. The van der Waals surface area contributed by atoms with Gasteiger partial charge < -0.3 is 103 Å². The Kier molecular flexibility index (Phi) is 47.6. The molecule has 1 aliphatic rings. The summed E-state index contributed by atoms with van der Waals surface area (Å²) in [5.41, 5.74) is 5.44. The highest BCUT2D eigenvalue weighted by atomic mass is 31.3. The van der Waals surface area contributed by atoms with Crippen LogP contribution in [-0.2, 0) is 142 Å². The van der Waals surface area contributed by atoms with Crippen LogP contribution in [0.4, 0.5) is 5.95 Å². The number of aliphatic hydroxyl groups is 1. The number of anilines is 1. The number of nitrogens with zero attached hydrogens (tertiary/aromatic N) is 6. The van der Waals surface area contributed by atoms with Gasteiger partial charge in [0.05, 0.1) is 163 Å². The lowest BCUT2D eigenvalue weighted by Gasteiger charge is -2.21. The summed E-state index contributed by atoms with van der Waals surface area (Å²) in [6.07, 6.45) is 4.81. The van der Waals surface area contributed by atoms with Gasteiger partial charge in [-0.2, -0.15) is 26.5 Å². The van der Waals surface area contributed by atoms with E-state index in [0.717, 1.165) is 37.9 Å². The number of aliphatic hydroxyl groups excluding tert-OH is 1. The quantitative estimate of drug-likeness (QED) is 0.0285. The lowest BCUT2D eigenvalue weighted by atomic mass is 10.2. The Hall–Kier alpha value is -3.24. The fraction of sp³-hybridized carbons (Fsp3) is 0.824. The van der Waals surface area contributed by atoms with Crippen molar-refractivity contribution in [3.05, 3.63) is 28.6 Å². The molecule has 105 heavy (non-hydrogen) atoms. The number of nitrogen functional groups attached to an aromatic ring is 1. The van der Waals surface area contributed by atoms with Crippen LogP contribution in [0.1, 0.15) is 96.9 Å². The van der Waals surface area contributed by atoms with Gasteiger partial charge in [0, 0.05) is 45.2 Å². The average Bonchev–Trinajstić information content (AvgIpc) is 1.66. The van der Waals surface area contributed by atoms with Gasteiger partial charge in [0.25, 0.3) is 5.56 Å². The maximum atomic E-state index is 12.2. The van der Waals surface area contributed by atoms with Gasteiger partial charge in [0.1, 0.15) is 12.3 Å². The molecule has 1 aliphatic heterocycles. The van der Waals surface area contributed by atoms with Gasteiger partial charge in [-0.1, -0.05) is 38.8 Å². The minimum absolute atomic E-state index is 0.00769. The number of carbonyl (C=O) groups is 2. The monoisotopic (exact) mass is 1660 g/mol. The summed E-state index contributed by atoms with van der Waals surface area (Å²) in [7, 11) is -40.5. The van der Waals surface area contributed by atoms with Crippen molar-refractivity contribution >= 4 is 83.7 Å². The van der Waals surface area contributed by atoms with Crippen LogP contribution in [0.2, 0.25) is 0 Å². The van der Waals surface area contributed by atoms with Crippen molar-refractivity contribution in [2.45, 2.75) is 116 Å². The van der Waals surface area contributed by atoms with E-state index in [9.17, 15) is 85.7 Å². The molecule has 7 unspecified atom stereocenters. The summed E-state index contributed by atoms with van der Waals surface area (Å²) >= 11 is 0. The molecule has 2 amide bonds. The van der Waals surface area contributed by atoms with E-state index >= 15 is 0 Å². The lowest BCUT2D eigenvalue weighted by Crippen LogP contribution is -2.28. The smallest absolute Gasteiger partial charge is 0.390 e. The number of H-pyrrole nitrogens is 1. The number of fused-ring (bicyclic) bond motifs is 1. The van der Waals surface area contributed by atoms with Crippen molar-refractivity contribution in [2.75, 3.05) is 164 Å². The van der Waals surface area contributed by atoms with Crippen molar-refractivity contribution in [1.29, 1.82) is 0 Å². The first-order valence-electron chi connectivity index (χ1n) is 32.8. The summed E-state index contributed by atoms with van der Waals surface area (Å²) in [5, 5.41) is 24.2. The van der Waals surface area contributed by atoms with Crippen LogP contribution in [0.15, 0.2) is 17.3 Å². The summed E-state index contributed by atoms with van der Waals surface area (Å²) < 4.78 is 178. The molecule has 1 saturated heterocycles. The van der Waals surface area contributed by atoms with Crippen LogP contribution in [0.5, 0.6) is 0 Å². The molecule has 54 heteroatoms. The Balaban J connectivity index is 0.000000556. The first-order valence-corrected chi connectivity index (χ1v) is 43.3. The SMILES string of the molecule is CCCCNC(=O)CCOCCOCCNC(=O)CCOCCOCCn1cc(CCCCOP(=O)(O)OCCOCCOCCOCCOCCOCCC)nn1.CCCCOP(=O)(O)OP(=O)(O)OP(=O)(O)OP(=O)(O)OP(=O)(O)OP(=O)(O)OC[C@H]1O[C@@H](n2cnc3c(=O)[nH]c(N)nc32)C[C@H]1O. The molecule has 4 heterocycles. The molecule has 0 bridgehead atoms. The van der Waals surface area contributed by atoms with Gasteiger partial charge in [0.2, 0.25) is 17.8 Å². The zero-order valence-electron chi connectivity index (χ0n) is 58.2. The van der Waals surface area contributed by atoms with E-state index in [1.807, 2.05) is 6.20 Å². The van der Waals surface area contributed by atoms with Crippen molar-refractivity contribution in [3.63, 3.8) is 0 Å². The van der Waals surface area contributed by atoms with Crippen LogP contribution in [-0.4, -0.2) is 256 Å². The van der Waals surface area contributed by atoms with Crippen LogP contribution >= 0.6 is 54.8 Å². The maximum absolute atomic E-state index is 12.2. The van der Waals surface area contributed by atoms with Crippen LogP contribution in [0.3, 0.4) is 0 Å². The normalized spacial score (nSPS) is 18.8. The molecule has 47 nitrogen and oxygen atoms in total. The number of amides is 2. The van der Waals surface area contributed by atoms with Crippen LogP contribution < -0.4 is 21.9 Å². The van der Waals surface area contributed by atoms with Gasteiger partial charge in [-0.25, -0.2) is 41.6 Å². The van der Waals surface area contributed by atoms with E-state index in [1.54, 1.807) is 11.6 Å². The number of imidazole rings is 1. The number of unbranched alkanes of at least 4 members (excludes halogenated alkanes) is 3. The van der Waals surface area contributed by atoms with Gasteiger partial charge in [-0.15, -0.1) is 5.10 Å². The first-order chi connectivity index (χ1) is 49.7. The Morgan fingerprint density at radius 2 is 0.990 bits per heavy atom. The number of aryl methyl sites for hydroxylation is 1. The number of phosphoric ester groups is 3. The molecule has 0 aliphatic carbocycles. The number of nitrogens with two attached hydrogens (primary N) is 1. The Morgan fingerprint density at radius 3 is 1.52 bits per heavy atom. The number of aromatic amines is 1. The molecule has 10 atom stereocenters. The highest BCUT2D eigenvalue weighted by molar-refractivity contribution is 7.72. The Labute approximate surface area is 603 Å². The number of nitrogens with one attached hydrogen (secondary N) is 3. The van der Waals surface area contributed by atoms with Gasteiger partial charge >= 0.3 is 54.8 Å². The lowest BCUT2D eigenvalue weighted by molar-refractivity contribution is -0.123. The van der Waals surface area contributed by atoms with Gasteiger partial charge in [-0.05, 0) is 38.5 Å². The predicted molar refractivity (Wildman–Crippen MR) is 361 cm³/mol. The molecule has 610 valence electrons. The number of ether oxygens (including phenoxy) is 10. The molecular weight excluding hydrogens is 1560 g/mol. The molecule has 0 saturated carbocycles. The predicted octanol–water partition coefficient (Wildman–Crippen LogP) is 2.98. The highest BCUT2D eigenvalue weighted by Crippen LogP contribution is 2.75. The molecule has 0 aromatic carbocycles. The second-order valence-electron chi connectivity index (χ2n) is 21.5. The fourth-order valence-corrected chi connectivity index (χ4v) is 16.5. The number of aromatic nitrogens is 7. The minimum Gasteiger partial charge on any atom is -0.390 e. The summed E-state index contributed by atoms with van der Waals surface area (Å²) in [6, 6.07) is 0. The second-order valence-corrected chi connectivity index (χ2v) is 32.4. The number of hydrogen-bond acceptors (Lipinski definition) is 35. The van der Waals surface area contributed by atoms with E-state index in [4.69, 9.17) is 62.1 Å². The van der Waals surface area contributed by atoms with E-state index in [2.05, 4.69) is 80.3 Å². The number of carbonyl (C=O) groups excluding carboxylic acids is 2. The van der Waals surface area contributed by atoms with Crippen molar-refractivity contribution in [2.24, 2.45) is 0 Å². The molecule has 0 spiro atoms. The van der Waals surface area contributed by atoms with Crippen molar-refractivity contribution < 1.29 is 168 Å². The number of rotatable bonds is 63. The van der Waals surface area contributed by atoms with E-state index in [0.29, 0.717) is 151 Å². The first kappa shape index (κ1) is 96.0. The standard InChI is InChI=1S/C37H72N5O15P.C14H27N5O22P6/c1-3-5-11-38-36(43)9-16-48-21-23-50-18-12-39-37(44)10-17-49-22-24-51-19-13-42-34-35(40-41-42)8-6-7-15-56-58(45,46)57-33-32-55-31-30-54-29-28-53-27-26-52-25-20-47-14-4-2;1-2-3-4-34-42(22,23)37-44(26,27)39-46(30,31)41-47(32,33)40-45(28,29)38-43(24,25)35-6-9-8(20)5-10(36-9)19-7-16-11-12(19)17-14(15)18-13(11)21/h34H,3-33H2,1-2H3,(H,38,43)(H,39,44)(H,45,46);7-10,20H,2-6H2,1H3,(H,22,23)(H,24,25)(H,26,27)(H,28,29)(H,30,31)(H,32,33)(H3,15,17,18,21)/t;8-,9-,10-/m.1/s1. The summed E-state index contributed by atoms with van der Waals surface area (Å²) in [6.45, 7) is 13.4. The van der Waals surface area contributed by atoms with Gasteiger partial charge in [-0.3, -0.25) is 42.0 Å². The highest BCUT2D eigenvalue weighted by Gasteiger charge is 2.50.